The van der Waals surface area contributed by atoms with Crippen molar-refractivity contribution < 1.29 is 31.6 Å². The zero-order chi connectivity index (χ0) is 27.4. The minimum atomic E-state index is -3.83. The number of carbonyl (C=O) groups is 3. The molecule has 2 N–H and O–H groups in total. The zero-order valence-corrected chi connectivity index (χ0v) is 21.7. The van der Waals surface area contributed by atoms with Gasteiger partial charge in [-0.15, -0.1) is 11.3 Å². The highest BCUT2D eigenvalue weighted by atomic mass is 32.2. The van der Waals surface area contributed by atoms with Crippen molar-refractivity contribution in [2.45, 2.75) is 42.9 Å². The topological polar surface area (TPSA) is 149 Å². The Labute approximate surface area is 216 Å². The number of nitriles is 1. The van der Waals surface area contributed by atoms with Crippen LogP contribution in [-0.2, 0) is 20.4 Å². The molecule has 0 radical (unpaired) electrons. The van der Waals surface area contributed by atoms with Gasteiger partial charge in [0.25, 0.3) is 17.7 Å². The van der Waals surface area contributed by atoms with E-state index in [9.17, 15) is 31.6 Å². The van der Waals surface area contributed by atoms with Gasteiger partial charge in [0.15, 0.2) is 9.84 Å². The van der Waals surface area contributed by atoms with Crippen LogP contribution in [-0.4, -0.2) is 67.6 Å². The fraction of sp³-hybridized carbons (Fsp3) is 0.435. The first-order valence-corrected chi connectivity index (χ1v) is 13.7. The van der Waals surface area contributed by atoms with Crippen molar-refractivity contribution in [1.82, 2.24) is 20.5 Å². The predicted molar refractivity (Wildman–Crippen MR) is 130 cm³/mol. The lowest BCUT2D eigenvalue weighted by Gasteiger charge is -2.19. The molecule has 0 bridgehead atoms. The first-order valence-electron chi connectivity index (χ1n) is 11.2. The van der Waals surface area contributed by atoms with E-state index in [0.29, 0.717) is 12.1 Å². The third-order valence-electron chi connectivity index (χ3n) is 5.38. The van der Waals surface area contributed by atoms with Crippen molar-refractivity contribution in [2.24, 2.45) is 5.92 Å². The van der Waals surface area contributed by atoms with Crippen LogP contribution in [0.1, 0.15) is 46.1 Å². The second kappa shape index (κ2) is 11.3. The Hall–Kier alpha value is -3.44. The van der Waals surface area contributed by atoms with E-state index in [1.165, 1.54) is 29.6 Å². The average molecular weight is 554 g/mol. The van der Waals surface area contributed by atoms with Crippen LogP contribution in [0.25, 0.3) is 0 Å². The summed E-state index contributed by atoms with van der Waals surface area (Å²) in [4.78, 5) is 41.4. The first-order chi connectivity index (χ1) is 17.3. The quantitative estimate of drug-likeness (QED) is 0.482. The standard InChI is InChI=1S/C23H25F2N5O5S2/c1-14(2)9-27-21(32)15-3-5-17(6-4-15)37(34,35)12-19-29-18(11-36-19)22(33)28-10-20(31)30-13-23(24,25)7-16(30)8-26/h3-6,11,14,16H,7,9-10,12-13H2,1-2H3,(H,27,32)(H,28,33)/t16-/m0/s1. The summed E-state index contributed by atoms with van der Waals surface area (Å²) in [7, 11) is -3.83. The van der Waals surface area contributed by atoms with E-state index < -0.39 is 58.9 Å². The molecular weight excluding hydrogens is 528 g/mol. The monoisotopic (exact) mass is 553 g/mol. The van der Waals surface area contributed by atoms with Crippen LogP contribution in [0.5, 0.6) is 0 Å². The van der Waals surface area contributed by atoms with Crippen molar-refractivity contribution in [1.29, 1.82) is 5.26 Å². The number of amides is 3. The summed E-state index contributed by atoms with van der Waals surface area (Å²) in [6, 6.07) is 5.84. The van der Waals surface area contributed by atoms with Gasteiger partial charge in [0.05, 0.1) is 24.1 Å². The van der Waals surface area contributed by atoms with Gasteiger partial charge in [0.1, 0.15) is 22.5 Å². The van der Waals surface area contributed by atoms with Crippen molar-refractivity contribution in [3.63, 3.8) is 0 Å². The minimum Gasteiger partial charge on any atom is -0.352 e. The number of hydrogen-bond donors (Lipinski definition) is 2. The number of carbonyl (C=O) groups excluding carboxylic acids is 3. The number of thiazole rings is 1. The third kappa shape index (κ3) is 7.30. The number of rotatable bonds is 9. The van der Waals surface area contributed by atoms with Crippen molar-refractivity contribution >= 4 is 38.9 Å². The maximum atomic E-state index is 13.5. The number of aromatic nitrogens is 1. The molecule has 0 spiro atoms. The molecule has 1 aliphatic heterocycles. The van der Waals surface area contributed by atoms with E-state index in [0.717, 1.165) is 16.2 Å². The van der Waals surface area contributed by atoms with Gasteiger partial charge in [0, 0.05) is 23.9 Å². The first kappa shape index (κ1) is 28.1. The van der Waals surface area contributed by atoms with Gasteiger partial charge >= 0.3 is 0 Å². The summed E-state index contributed by atoms with van der Waals surface area (Å²) >= 11 is 0.927. The number of sulfone groups is 1. The summed E-state index contributed by atoms with van der Waals surface area (Å²) in [5.74, 6) is -5.33. The van der Waals surface area contributed by atoms with Crippen LogP contribution >= 0.6 is 11.3 Å². The maximum absolute atomic E-state index is 13.5. The number of halogens is 2. The van der Waals surface area contributed by atoms with Crippen molar-refractivity contribution in [3.05, 3.63) is 45.9 Å². The molecular formula is C23H25F2N5O5S2. The fourth-order valence-corrected chi connectivity index (χ4v) is 5.89. The normalized spacial score (nSPS) is 16.9. The van der Waals surface area contributed by atoms with Gasteiger partial charge in [-0.05, 0) is 30.2 Å². The van der Waals surface area contributed by atoms with Crippen LogP contribution in [0, 0.1) is 17.2 Å². The van der Waals surface area contributed by atoms with E-state index >= 15 is 0 Å². The third-order valence-corrected chi connectivity index (χ3v) is 8.06. The lowest BCUT2D eigenvalue weighted by atomic mass is 10.2. The van der Waals surface area contributed by atoms with Crippen LogP contribution in [0.4, 0.5) is 8.78 Å². The Morgan fingerprint density at radius 3 is 2.51 bits per heavy atom. The molecule has 3 rings (SSSR count). The largest absolute Gasteiger partial charge is 0.352 e. The molecule has 0 saturated carbocycles. The van der Waals surface area contributed by atoms with Gasteiger partial charge in [-0.2, -0.15) is 5.26 Å². The van der Waals surface area contributed by atoms with Crippen LogP contribution in [0.2, 0.25) is 0 Å². The van der Waals surface area contributed by atoms with Crippen LogP contribution < -0.4 is 10.6 Å². The van der Waals surface area contributed by atoms with Gasteiger partial charge in [-0.1, -0.05) is 13.8 Å². The molecule has 37 heavy (non-hydrogen) atoms. The molecule has 1 fully saturated rings. The molecule has 2 aromatic rings. The lowest BCUT2D eigenvalue weighted by Crippen LogP contribution is -2.43. The summed E-state index contributed by atoms with van der Waals surface area (Å²) < 4.78 is 52.6. The van der Waals surface area contributed by atoms with E-state index in [2.05, 4.69) is 15.6 Å². The molecule has 0 unspecified atom stereocenters. The number of alkyl halides is 2. The Balaban J connectivity index is 1.58. The Morgan fingerprint density at radius 2 is 1.89 bits per heavy atom. The molecule has 198 valence electrons. The van der Waals surface area contributed by atoms with E-state index in [4.69, 9.17) is 5.26 Å². The molecule has 10 nitrogen and oxygen atoms in total. The van der Waals surface area contributed by atoms with E-state index in [1.54, 1.807) is 6.07 Å². The second-order valence-corrected chi connectivity index (χ2v) is 11.9. The highest BCUT2D eigenvalue weighted by Crippen LogP contribution is 2.31. The fourth-order valence-electron chi connectivity index (χ4n) is 3.48. The molecule has 1 saturated heterocycles. The van der Waals surface area contributed by atoms with Crippen molar-refractivity contribution in [2.75, 3.05) is 19.6 Å². The van der Waals surface area contributed by atoms with E-state index in [-0.39, 0.29) is 27.4 Å². The molecule has 3 amide bonds. The number of likely N-dealkylation sites (tertiary alicyclic amines) is 1. The molecule has 2 heterocycles. The molecule has 14 heteroatoms. The van der Waals surface area contributed by atoms with Gasteiger partial charge < -0.3 is 15.5 Å². The Kier molecular flexibility index (Phi) is 8.60. The number of nitrogens with one attached hydrogen (secondary N) is 2. The maximum Gasteiger partial charge on any atom is 0.271 e. The zero-order valence-electron chi connectivity index (χ0n) is 20.0. The molecule has 1 aliphatic rings. The van der Waals surface area contributed by atoms with Gasteiger partial charge in [-0.25, -0.2) is 22.2 Å². The summed E-state index contributed by atoms with van der Waals surface area (Å²) in [5.41, 5.74) is 0.185. The number of nitrogens with zero attached hydrogens (tertiary/aromatic N) is 3. The number of hydrogen-bond acceptors (Lipinski definition) is 8. The smallest absolute Gasteiger partial charge is 0.271 e. The van der Waals surface area contributed by atoms with Gasteiger partial charge in [-0.3, -0.25) is 14.4 Å². The Morgan fingerprint density at radius 1 is 1.22 bits per heavy atom. The highest BCUT2D eigenvalue weighted by Gasteiger charge is 2.47. The summed E-state index contributed by atoms with van der Waals surface area (Å²) in [5, 5.41) is 15.4. The lowest BCUT2D eigenvalue weighted by molar-refractivity contribution is -0.131. The predicted octanol–water partition coefficient (Wildman–Crippen LogP) is 1.99. The molecule has 1 atom stereocenters. The van der Waals surface area contributed by atoms with Crippen LogP contribution in [0.3, 0.4) is 0 Å². The minimum absolute atomic E-state index is 0.0193. The SMILES string of the molecule is CC(C)CNC(=O)c1ccc(S(=O)(=O)Cc2nc(C(=O)NCC(=O)N3CC(F)(F)C[C@H]3C#N)cs2)cc1. The Bertz CT molecular complexity index is 1320. The van der Waals surface area contributed by atoms with E-state index in [1.807, 2.05) is 13.8 Å². The second-order valence-electron chi connectivity index (χ2n) is 8.92. The molecule has 0 aliphatic carbocycles. The van der Waals surface area contributed by atoms with Crippen LogP contribution in [0.15, 0.2) is 34.5 Å². The highest BCUT2D eigenvalue weighted by molar-refractivity contribution is 7.90. The summed E-state index contributed by atoms with van der Waals surface area (Å²) in [6.45, 7) is 2.87. The van der Waals surface area contributed by atoms with Crippen molar-refractivity contribution in [3.8, 4) is 6.07 Å². The summed E-state index contributed by atoms with van der Waals surface area (Å²) in [6.07, 6.45) is -0.763. The van der Waals surface area contributed by atoms with Gasteiger partial charge in [0.2, 0.25) is 5.91 Å². The molecule has 1 aromatic heterocycles. The molecule has 1 aromatic carbocycles. The average Bonchev–Trinajstić information content (AvgIpc) is 3.43. The number of benzene rings is 1.